The van der Waals surface area contributed by atoms with E-state index in [-0.39, 0.29) is 5.91 Å². The van der Waals surface area contributed by atoms with Crippen LogP contribution in [0.25, 0.3) is 0 Å². The molecule has 0 fully saturated rings. The van der Waals surface area contributed by atoms with E-state index in [2.05, 4.69) is 36.6 Å². The van der Waals surface area contributed by atoms with Crippen LogP contribution in [-0.2, 0) is 4.79 Å². The molecule has 0 saturated carbocycles. The molecule has 1 heterocycles. The van der Waals surface area contributed by atoms with Crippen LogP contribution in [0.2, 0.25) is 0 Å². The fourth-order valence-corrected chi connectivity index (χ4v) is 1.90. The average molecular weight is 274 g/mol. The minimum Gasteiger partial charge on any atom is -0.387 e. The van der Waals surface area contributed by atoms with E-state index in [9.17, 15) is 4.79 Å². The lowest BCUT2D eigenvalue weighted by atomic mass is 10.1. The summed E-state index contributed by atoms with van der Waals surface area (Å²) in [6.07, 6.45) is 12.8. The molecule has 1 aliphatic rings. The number of carbonyl (C=O) groups excluding carboxylic acids is 1. The van der Waals surface area contributed by atoms with Crippen molar-refractivity contribution in [2.45, 2.75) is 40.0 Å². The molecule has 0 aromatic rings. The molecule has 110 valence electrons. The van der Waals surface area contributed by atoms with E-state index in [4.69, 9.17) is 0 Å². The molecule has 0 atom stereocenters. The number of allylic oxidation sites excluding steroid dienone is 3. The third-order valence-electron chi connectivity index (χ3n) is 3.24. The quantitative estimate of drug-likeness (QED) is 0.553. The lowest BCUT2D eigenvalue weighted by molar-refractivity contribution is -0.117. The summed E-state index contributed by atoms with van der Waals surface area (Å²) in [6, 6.07) is 0. The molecule has 20 heavy (non-hydrogen) atoms. The van der Waals surface area contributed by atoms with Gasteiger partial charge in [-0.25, -0.2) is 0 Å². The Hall–Kier alpha value is -1.77. The summed E-state index contributed by atoms with van der Waals surface area (Å²) in [4.78, 5) is 12.2. The number of rotatable bonds is 7. The second-order valence-electron chi connectivity index (χ2n) is 4.94. The SMILES string of the molecule is CC/C=C(\C=C(/C)CC)C(=O)NCCC1=CCNC=C1. The summed E-state index contributed by atoms with van der Waals surface area (Å²) in [5.74, 6) is 0.0261. The topological polar surface area (TPSA) is 41.1 Å². The van der Waals surface area contributed by atoms with Crippen molar-refractivity contribution >= 4 is 5.91 Å². The van der Waals surface area contributed by atoms with Crippen LogP contribution in [0.5, 0.6) is 0 Å². The van der Waals surface area contributed by atoms with Crippen LogP contribution < -0.4 is 10.6 Å². The van der Waals surface area contributed by atoms with Crippen molar-refractivity contribution in [3.63, 3.8) is 0 Å². The molecule has 0 aromatic carbocycles. The Kier molecular flexibility index (Phi) is 7.48. The fraction of sp³-hybridized carbons (Fsp3) is 0.471. The standard InChI is InChI=1S/C17H26N2O/c1-4-6-16(13-14(3)5-2)17(20)19-12-9-15-7-10-18-11-8-15/h6-8,10,13,18H,4-5,9,11-12H2,1-3H3,(H,19,20)/b14-13+,16-6+. The molecule has 0 aliphatic carbocycles. The zero-order valence-electron chi connectivity index (χ0n) is 12.8. The first-order valence-corrected chi connectivity index (χ1v) is 7.41. The van der Waals surface area contributed by atoms with Gasteiger partial charge in [0.25, 0.3) is 5.91 Å². The summed E-state index contributed by atoms with van der Waals surface area (Å²) in [6.45, 7) is 7.76. The van der Waals surface area contributed by atoms with Crippen molar-refractivity contribution in [1.29, 1.82) is 0 Å². The average Bonchev–Trinajstić information content (AvgIpc) is 2.47. The summed E-state index contributed by atoms with van der Waals surface area (Å²) in [5.41, 5.74) is 3.27. The van der Waals surface area contributed by atoms with E-state index in [1.54, 1.807) is 0 Å². The highest BCUT2D eigenvalue weighted by atomic mass is 16.1. The van der Waals surface area contributed by atoms with Gasteiger partial charge in [-0.15, -0.1) is 0 Å². The Balaban J connectivity index is 2.48. The van der Waals surface area contributed by atoms with E-state index in [0.29, 0.717) is 6.54 Å². The number of nitrogens with one attached hydrogen (secondary N) is 2. The van der Waals surface area contributed by atoms with Crippen LogP contribution >= 0.6 is 0 Å². The van der Waals surface area contributed by atoms with Gasteiger partial charge < -0.3 is 10.6 Å². The van der Waals surface area contributed by atoms with Crippen LogP contribution in [0.1, 0.15) is 40.0 Å². The first-order valence-electron chi connectivity index (χ1n) is 7.41. The Morgan fingerprint density at radius 1 is 1.45 bits per heavy atom. The Bertz CT molecular complexity index is 442. The molecular formula is C17H26N2O. The van der Waals surface area contributed by atoms with Gasteiger partial charge in [0.15, 0.2) is 0 Å². The Labute approximate surface area is 122 Å². The summed E-state index contributed by atoms with van der Waals surface area (Å²) < 4.78 is 0. The maximum Gasteiger partial charge on any atom is 0.250 e. The van der Waals surface area contributed by atoms with E-state index in [0.717, 1.165) is 31.4 Å². The van der Waals surface area contributed by atoms with Gasteiger partial charge in [-0.1, -0.05) is 37.6 Å². The van der Waals surface area contributed by atoms with Gasteiger partial charge in [0.2, 0.25) is 0 Å². The smallest absolute Gasteiger partial charge is 0.250 e. The highest BCUT2D eigenvalue weighted by Gasteiger charge is 2.06. The summed E-state index contributed by atoms with van der Waals surface area (Å²) >= 11 is 0. The third kappa shape index (κ3) is 5.91. The van der Waals surface area contributed by atoms with Crippen LogP contribution in [-0.4, -0.2) is 19.0 Å². The monoisotopic (exact) mass is 274 g/mol. The molecular weight excluding hydrogens is 248 g/mol. The van der Waals surface area contributed by atoms with Crippen molar-refractivity contribution in [3.8, 4) is 0 Å². The minimum absolute atomic E-state index is 0.0261. The van der Waals surface area contributed by atoms with Crippen LogP contribution in [0.3, 0.4) is 0 Å². The molecule has 1 rings (SSSR count). The van der Waals surface area contributed by atoms with Crippen LogP contribution in [0.15, 0.2) is 47.2 Å². The van der Waals surface area contributed by atoms with Gasteiger partial charge in [-0.2, -0.15) is 0 Å². The maximum absolute atomic E-state index is 12.2. The molecule has 0 bridgehead atoms. The van der Waals surface area contributed by atoms with Gasteiger partial charge in [-0.05, 0) is 44.0 Å². The molecule has 0 aromatic heterocycles. The molecule has 0 saturated heterocycles. The lowest BCUT2D eigenvalue weighted by Gasteiger charge is -2.10. The third-order valence-corrected chi connectivity index (χ3v) is 3.24. The molecule has 3 heteroatoms. The number of hydrogen-bond acceptors (Lipinski definition) is 2. The van der Waals surface area contributed by atoms with E-state index in [1.807, 2.05) is 25.3 Å². The van der Waals surface area contributed by atoms with E-state index in [1.165, 1.54) is 11.1 Å². The normalized spacial score (nSPS) is 15.7. The number of amides is 1. The Morgan fingerprint density at radius 2 is 2.25 bits per heavy atom. The molecule has 1 aliphatic heterocycles. The van der Waals surface area contributed by atoms with Gasteiger partial charge >= 0.3 is 0 Å². The van der Waals surface area contributed by atoms with Crippen molar-refractivity contribution < 1.29 is 4.79 Å². The van der Waals surface area contributed by atoms with Gasteiger partial charge in [0.1, 0.15) is 0 Å². The number of carbonyl (C=O) groups is 1. The maximum atomic E-state index is 12.2. The van der Waals surface area contributed by atoms with Crippen molar-refractivity contribution in [3.05, 3.63) is 47.2 Å². The van der Waals surface area contributed by atoms with Crippen molar-refractivity contribution in [2.24, 2.45) is 0 Å². The second kappa shape index (κ2) is 9.18. The molecule has 3 nitrogen and oxygen atoms in total. The molecule has 2 N–H and O–H groups in total. The van der Waals surface area contributed by atoms with Gasteiger partial charge in [-0.3, -0.25) is 4.79 Å². The van der Waals surface area contributed by atoms with Gasteiger partial charge in [0, 0.05) is 18.7 Å². The first kappa shape index (κ1) is 16.3. The first-order chi connectivity index (χ1) is 9.67. The molecule has 0 spiro atoms. The lowest BCUT2D eigenvalue weighted by Crippen LogP contribution is -2.26. The molecule has 0 unspecified atom stereocenters. The highest BCUT2D eigenvalue weighted by molar-refractivity contribution is 5.96. The van der Waals surface area contributed by atoms with Crippen molar-refractivity contribution in [2.75, 3.05) is 13.1 Å². The second-order valence-corrected chi connectivity index (χ2v) is 4.94. The van der Waals surface area contributed by atoms with E-state index < -0.39 is 0 Å². The summed E-state index contributed by atoms with van der Waals surface area (Å²) in [7, 11) is 0. The number of hydrogen-bond donors (Lipinski definition) is 2. The minimum atomic E-state index is 0.0261. The zero-order chi connectivity index (χ0) is 14.8. The van der Waals surface area contributed by atoms with Gasteiger partial charge in [0.05, 0.1) is 0 Å². The van der Waals surface area contributed by atoms with Crippen LogP contribution in [0.4, 0.5) is 0 Å². The Morgan fingerprint density at radius 3 is 2.85 bits per heavy atom. The largest absolute Gasteiger partial charge is 0.387 e. The highest BCUT2D eigenvalue weighted by Crippen LogP contribution is 2.08. The molecule has 1 amide bonds. The predicted octanol–water partition coefficient (Wildman–Crippen LogP) is 3.23. The predicted molar refractivity (Wildman–Crippen MR) is 85.3 cm³/mol. The van der Waals surface area contributed by atoms with Crippen molar-refractivity contribution in [1.82, 2.24) is 10.6 Å². The summed E-state index contributed by atoms with van der Waals surface area (Å²) in [5, 5.41) is 6.11. The number of dihydropyridines is 1. The van der Waals surface area contributed by atoms with E-state index >= 15 is 0 Å². The molecule has 0 radical (unpaired) electrons. The zero-order valence-corrected chi connectivity index (χ0v) is 12.8. The fourth-order valence-electron chi connectivity index (χ4n) is 1.90. The van der Waals surface area contributed by atoms with Crippen LogP contribution in [0, 0.1) is 0 Å².